The van der Waals surface area contributed by atoms with Gasteiger partial charge in [0.2, 0.25) is 0 Å². The number of nitrogens with two attached hydrogens (primary N) is 1. The van der Waals surface area contributed by atoms with Crippen molar-refractivity contribution >= 4 is 0 Å². The molecule has 0 aromatic carbocycles. The van der Waals surface area contributed by atoms with Gasteiger partial charge in [0.1, 0.15) is 0 Å². The van der Waals surface area contributed by atoms with E-state index in [2.05, 4.69) is 4.74 Å². The Morgan fingerprint density at radius 3 is 2.23 bits per heavy atom. The number of hydrogen-bond acceptors (Lipinski definition) is 3. The zero-order chi connectivity index (χ0) is 10.7. The van der Waals surface area contributed by atoms with Crippen LogP contribution < -0.4 is 5.73 Å². The topological polar surface area (TPSA) is 55.5 Å². The van der Waals surface area contributed by atoms with E-state index in [9.17, 15) is 13.2 Å². The minimum atomic E-state index is -4.38. The first-order valence-corrected chi connectivity index (χ1v) is 3.77. The lowest BCUT2D eigenvalue weighted by atomic mass is 10.1. The first-order valence-electron chi connectivity index (χ1n) is 3.77. The molecule has 0 amide bonds. The molecule has 3 nitrogen and oxygen atoms in total. The number of halogens is 3. The van der Waals surface area contributed by atoms with Gasteiger partial charge in [-0.05, 0) is 13.8 Å². The molecule has 0 saturated heterocycles. The lowest BCUT2D eigenvalue weighted by molar-refractivity contribution is -0.218. The minimum Gasteiger partial charge on any atom is -0.394 e. The SMILES string of the molecule is CC(OCC(C)(N)CO)C(F)(F)F. The zero-order valence-electron chi connectivity index (χ0n) is 7.56. The highest BCUT2D eigenvalue weighted by Gasteiger charge is 2.37. The summed E-state index contributed by atoms with van der Waals surface area (Å²) in [7, 11) is 0. The third kappa shape index (κ3) is 5.07. The van der Waals surface area contributed by atoms with E-state index in [1.165, 1.54) is 6.92 Å². The van der Waals surface area contributed by atoms with E-state index in [-0.39, 0.29) is 6.61 Å². The molecule has 0 bridgehead atoms. The number of rotatable bonds is 4. The highest BCUT2D eigenvalue weighted by molar-refractivity contribution is 4.77. The Morgan fingerprint density at radius 1 is 1.46 bits per heavy atom. The number of aliphatic hydroxyl groups excluding tert-OH is 1. The molecule has 2 unspecified atom stereocenters. The van der Waals surface area contributed by atoms with Crippen LogP contribution in [0.25, 0.3) is 0 Å². The summed E-state index contributed by atoms with van der Waals surface area (Å²) in [6, 6.07) is 0. The van der Waals surface area contributed by atoms with Crippen molar-refractivity contribution < 1.29 is 23.0 Å². The average Bonchev–Trinajstić information content (AvgIpc) is 1.98. The fourth-order valence-corrected chi connectivity index (χ4v) is 0.456. The Labute approximate surface area is 74.7 Å². The van der Waals surface area contributed by atoms with Gasteiger partial charge in [-0.25, -0.2) is 0 Å². The first-order chi connectivity index (χ1) is 5.69. The van der Waals surface area contributed by atoms with Crippen LogP contribution >= 0.6 is 0 Å². The highest BCUT2D eigenvalue weighted by Crippen LogP contribution is 2.22. The van der Waals surface area contributed by atoms with Crippen molar-refractivity contribution in [2.45, 2.75) is 31.7 Å². The van der Waals surface area contributed by atoms with Gasteiger partial charge in [0, 0.05) is 0 Å². The smallest absolute Gasteiger partial charge is 0.394 e. The van der Waals surface area contributed by atoms with Crippen molar-refractivity contribution in [2.75, 3.05) is 13.2 Å². The van der Waals surface area contributed by atoms with E-state index in [0.717, 1.165) is 6.92 Å². The number of aliphatic hydroxyl groups is 1. The van der Waals surface area contributed by atoms with Crippen LogP contribution in [0.5, 0.6) is 0 Å². The van der Waals surface area contributed by atoms with Crippen LogP contribution in [0.2, 0.25) is 0 Å². The van der Waals surface area contributed by atoms with E-state index in [1.54, 1.807) is 0 Å². The van der Waals surface area contributed by atoms with E-state index >= 15 is 0 Å². The van der Waals surface area contributed by atoms with Crippen LogP contribution in [0.15, 0.2) is 0 Å². The molecule has 0 aromatic rings. The normalized spacial score (nSPS) is 19.6. The molecule has 6 heteroatoms. The maximum atomic E-state index is 11.9. The van der Waals surface area contributed by atoms with Gasteiger partial charge in [0.05, 0.1) is 18.8 Å². The van der Waals surface area contributed by atoms with Gasteiger partial charge in [-0.3, -0.25) is 0 Å². The molecule has 0 spiro atoms. The van der Waals surface area contributed by atoms with Crippen molar-refractivity contribution in [3.8, 4) is 0 Å². The van der Waals surface area contributed by atoms with Crippen molar-refractivity contribution in [1.29, 1.82) is 0 Å². The summed E-state index contributed by atoms with van der Waals surface area (Å²) in [5, 5.41) is 8.62. The Balaban J connectivity index is 3.90. The molecule has 13 heavy (non-hydrogen) atoms. The maximum absolute atomic E-state index is 11.9. The summed E-state index contributed by atoms with van der Waals surface area (Å²) >= 11 is 0. The van der Waals surface area contributed by atoms with Crippen LogP contribution in [0.4, 0.5) is 13.2 Å². The summed E-state index contributed by atoms with van der Waals surface area (Å²) in [6.45, 7) is 1.56. The molecular formula is C7H14F3NO2. The van der Waals surface area contributed by atoms with E-state index in [0.29, 0.717) is 0 Å². The fourth-order valence-electron chi connectivity index (χ4n) is 0.456. The Morgan fingerprint density at radius 2 is 1.92 bits per heavy atom. The molecule has 0 aromatic heterocycles. The Kier molecular flexibility index (Phi) is 4.15. The largest absolute Gasteiger partial charge is 0.414 e. The lowest BCUT2D eigenvalue weighted by Gasteiger charge is -2.24. The maximum Gasteiger partial charge on any atom is 0.414 e. The average molecular weight is 201 g/mol. The van der Waals surface area contributed by atoms with E-state index in [4.69, 9.17) is 10.8 Å². The van der Waals surface area contributed by atoms with Crippen molar-refractivity contribution in [2.24, 2.45) is 5.73 Å². The van der Waals surface area contributed by atoms with Crippen LogP contribution in [0.3, 0.4) is 0 Å². The van der Waals surface area contributed by atoms with Gasteiger partial charge in [0.25, 0.3) is 0 Å². The molecule has 80 valence electrons. The van der Waals surface area contributed by atoms with Crippen molar-refractivity contribution in [3.05, 3.63) is 0 Å². The number of alkyl halides is 3. The summed E-state index contributed by atoms with van der Waals surface area (Å²) in [6.07, 6.45) is -6.24. The minimum absolute atomic E-state index is 0.329. The first kappa shape index (κ1) is 12.7. The number of ether oxygens (including phenoxy) is 1. The summed E-state index contributed by atoms with van der Waals surface area (Å²) in [4.78, 5) is 0. The molecule has 0 radical (unpaired) electrons. The quantitative estimate of drug-likeness (QED) is 0.702. The number of hydrogen-bond donors (Lipinski definition) is 2. The molecule has 2 atom stereocenters. The molecule has 0 rings (SSSR count). The van der Waals surface area contributed by atoms with Gasteiger partial charge in [-0.1, -0.05) is 0 Å². The zero-order valence-corrected chi connectivity index (χ0v) is 7.56. The van der Waals surface area contributed by atoms with E-state index < -0.39 is 24.4 Å². The van der Waals surface area contributed by atoms with Crippen LogP contribution in [0.1, 0.15) is 13.8 Å². The van der Waals surface area contributed by atoms with Crippen LogP contribution in [-0.4, -0.2) is 36.1 Å². The summed E-state index contributed by atoms with van der Waals surface area (Å²) < 4.78 is 40.2. The molecule has 0 saturated carbocycles. The molecular weight excluding hydrogens is 187 g/mol. The second-order valence-corrected chi connectivity index (χ2v) is 3.31. The third-order valence-corrected chi connectivity index (χ3v) is 1.49. The lowest BCUT2D eigenvalue weighted by Crippen LogP contribution is -2.47. The highest BCUT2D eigenvalue weighted by atomic mass is 19.4. The molecule has 0 aliphatic heterocycles. The van der Waals surface area contributed by atoms with Crippen LogP contribution in [-0.2, 0) is 4.74 Å². The van der Waals surface area contributed by atoms with Crippen molar-refractivity contribution in [3.63, 3.8) is 0 Å². The third-order valence-electron chi connectivity index (χ3n) is 1.49. The van der Waals surface area contributed by atoms with Gasteiger partial charge >= 0.3 is 6.18 Å². The van der Waals surface area contributed by atoms with Crippen molar-refractivity contribution in [1.82, 2.24) is 0 Å². The molecule has 0 fully saturated rings. The van der Waals surface area contributed by atoms with Crippen LogP contribution in [0, 0.1) is 0 Å². The standard InChI is InChI=1S/C7H14F3NO2/c1-5(7(8,9)10)13-4-6(2,11)3-12/h5,12H,3-4,11H2,1-2H3. The molecule has 3 N–H and O–H groups in total. The fraction of sp³-hybridized carbons (Fsp3) is 1.00. The van der Waals surface area contributed by atoms with Gasteiger partial charge in [-0.2, -0.15) is 13.2 Å². The van der Waals surface area contributed by atoms with Gasteiger partial charge < -0.3 is 15.6 Å². The molecule has 0 aliphatic carbocycles. The monoisotopic (exact) mass is 201 g/mol. The Bertz CT molecular complexity index is 158. The Hall–Kier alpha value is -0.330. The van der Waals surface area contributed by atoms with Gasteiger partial charge in [-0.15, -0.1) is 0 Å². The summed E-state index contributed by atoms with van der Waals surface area (Å²) in [5.41, 5.74) is 4.24. The predicted octanol–water partition coefficient (Wildman–Crippen LogP) is 0.663. The second-order valence-electron chi connectivity index (χ2n) is 3.31. The summed E-state index contributed by atoms with van der Waals surface area (Å²) in [5.74, 6) is 0. The predicted molar refractivity (Wildman–Crippen MR) is 41.1 cm³/mol. The van der Waals surface area contributed by atoms with E-state index in [1.807, 2.05) is 0 Å². The molecule has 0 heterocycles. The molecule has 0 aliphatic rings. The van der Waals surface area contributed by atoms with Gasteiger partial charge in [0.15, 0.2) is 6.10 Å². The second kappa shape index (κ2) is 4.26.